The SMILES string of the molecule is CC(C)[C@@H]1N(C(=O)[C@H](C)[C@](C)(O)C(F)(F)F)C(=O)OC1(c1ccccc1)c1ccccc1. The molecule has 2 aromatic rings. The molecule has 3 rings (SSSR count). The van der Waals surface area contributed by atoms with Gasteiger partial charge in [-0.15, -0.1) is 0 Å². The second-order valence-corrected chi connectivity index (χ2v) is 8.60. The van der Waals surface area contributed by atoms with Gasteiger partial charge in [-0.2, -0.15) is 13.2 Å². The molecule has 1 aliphatic rings. The lowest BCUT2D eigenvalue weighted by Crippen LogP contribution is -2.57. The molecule has 1 fully saturated rings. The highest BCUT2D eigenvalue weighted by Crippen LogP contribution is 2.48. The quantitative estimate of drug-likeness (QED) is 0.706. The molecular weight excluding hydrogens is 423 g/mol. The van der Waals surface area contributed by atoms with Gasteiger partial charge in [0.2, 0.25) is 5.91 Å². The number of nitrogens with zero attached hydrogens (tertiary/aromatic N) is 1. The van der Waals surface area contributed by atoms with Gasteiger partial charge in [0.05, 0.1) is 12.0 Å². The van der Waals surface area contributed by atoms with Crippen molar-refractivity contribution in [2.75, 3.05) is 0 Å². The van der Waals surface area contributed by atoms with Crippen LogP contribution < -0.4 is 0 Å². The predicted molar refractivity (Wildman–Crippen MR) is 111 cm³/mol. The summed E-state index contributed by atoms with van der Waals surface area (Å²) in [5.74, 6) is -3.46. The molecule has 0 radical (unpaired) electrons. The second kappa shape index (κ2) is 8.24. The van der Waals surface area contributed by atoms with Crippen LogP contribution in [0.3, 0.4) is 0 Å². The minimum atomic E-state index is -5.06. The number of imide groups is 1. The summed E-state index contributed by atoms with van der Waals surface area (Å²) in [7, 11) is 0. The third-order valence-corrected chi connectivity index (χ3v) is 6.20. The third-order valence-electron chi connectivity index (χ3n) is 6.20. The first-order valence-electron chi connectivity index (χ1n) is 10.3. The highest BCUT2D eigenvalue weighted by molar-refractivity contribution is 5.96. The van der Waals surface area contributed by atoms with Crippen LogP contribution in [0.25, 0.3) is 0 Å². The fraction of sp³-hybridized carbons (Fsp3) is 0.417. The first-order valence-corrected chi connectivity index (χ1v) is 10.3. The Bertz CT molecular complexity index is 934. The molecule has 0 bridgehead atoms. The fourth-order valence-electron chi connectivity index (χ4n) is 4.23. The van der Waals surface area contributed by atoms with E-state index in [0.717, 1.165) is 11.8 Å². The summed E-state index contributed by atoms with van der Waals surface area (Å²) >= 11 is 0. The van der Waals surface area contributed by atoms with Crippen molar-refractivity contribution in [1.29, 1.82) is 0 Å². The van der Waals surface area contributed by atoms with Gasteiger partial charge in [0.15, 0.2) is 11.2 Å². The molecule has 1 saturated heterocycles. The summed E-state index contributed by atoms with van der Waals surface area (Å²) in [6.07, 6.45) is -6.11. The van der Waals surface area contributed by atoms with Gasteiger partial charge in [-0.1, -0.05) is 81.4 Å². The monoisotopic (exact) mass is 449 g/mol. The zero-order chi connectivity index (χ0) is 23.9. The van der Waals surface area contributed by atoms with Crippen molar-refractivity contribution < 1.29 is 32.6 Å². The van der Waals surface area contributed by atoms with Crippen LogP contribution in [0.4, 0.5) is 18.0 Å². The Morgan fingerprint density at radius 1 is 1.00 bits per heavy atom. The molecule has 1 aliphatic heterocycles. The number of hydrogen-bond donors (Lipinski definition) is 1. The summed E-state index contributed by atoms with van der Waals surface area (Å²) in [6.45, 7) is 5.02. The minimum absolute atomic E-state index is 0.381. The van der Waals surface area contributed by atoms with Crippen molar-refractivity contribution in [3.8, 4) is 0 Å². The van der Waals surface area contributed by atoms with E-state index in [1.165, 1.54) is 0 Å². The molecule has 1 N–H and O–H groups in total. The number of amides is 2. The van der Waals surface area contributed by atoms with E-state index in [1.54, 1.807) is 74.5 Å². The van der Waals surface area contributed by atoms with Crippen LogP contribution >= 0.6 is 0 Å². The number of cyclic esters (lactones) is 1. The maximum atomic E-state index is 13.4. The lowest BCUT2D eigenvalue weighted by atomic mass is 9.75. The molecule has 32 heavy (non-hydrogen) atoms. The number of rotatable bonds is 5. The third kappa shape index (κ3) is 3.66. The van der Waals surface area contributed by atoms with Crippen LogP contribution in [-0.4, -0.2) is 39.8 Å². The van der Waals surface area contributed by atoms with Crippen molar-refractivity contribution in [1.82, 2.24) is 4.90 Å². The molecule has 5 nitrogen and oxygen atoms in total. The zero-order valence-corrected chi connectivity index (χ0v) is 18.3. The van der Waals surface area contributed by atoms with E-state index >= 15 is 0 Å². The standard InChI is InChI=1S/C24H26F3NO4/c1-15(2)19-23(17-11-7-5-8-12-17,18-13-9-6-10-14-18)32-21(30)28(19)20(29)16(3)22(4,31)24(25,26)27/h5-16,19,31H,1-4H3/t16-,19-,22-/m0/s1. The Kier molecular flexibility index (Phi) is 6.12. The maximum absolute atomic E-state index is 13.4. The first-order chi connectivity index (χ1) is 14.9. The molecule has 0 aliphatic carbocycles. The Balaban J connectivity index is 2.19. The number of benzene rings is 2. The summed E-state index contributed by atoms with van der Waals surface area (Å²) in [6, 6.07) is 16.7. The fourth-order valence-corrected chi connectivity index (χ4v) is 4.23. The highest BCUT2D eigenvalue weighted by atomic mass is 19.4. The number of halogens is 3. The number of alkyl halides is 3. The van der Waals surface area contributed by atoms with Gasteiger partial charge in [0.1, 0.15) is 0 Å². The highest BCUT2D eigenvalue weighted by Gasteiger charge is 2.63. The summed E-state index contributed by atoms with van der Waals surface area (Å²) in [5, 5.41) is 10.1. The zero-order valence-electron chi connectivity index (χ0n) is 18.3. The summed E-state index contributed by atoms with van der Waals surface area (Å²) < 4.78 is 46.2. The molecule has 172 valence electrons. The number of carbonyl (C=O) groups excluding carboxylic acids is 2. The van der Waals surface area contributed by atoms with Crippen LogP contribution in [-0.2, 0) is 15.1 Å². The Hall–Kier alpha value is -2.87. The van der Waals surface area contributed by atoms with E-state index in [9.17, 15) is 27.9 Å². The molecule has 2 aromatic carbocycles. The molecule has 8 heteroatoms. The number of hydrogen-bond acceptors (Lipinski definition) is 4. The van der Waals surface area contributed by atoms with Gasteiger partial charge in [0.25, 0.3) is 0 Å². The van der Waals surface area contributed by atoms with Crippen LogP contribution in [0.2, 0.25) is 0 Å². The molecule has 0 aromatic heterocycles. The van der Waals surface area contributed by atoms with Crippen molar-refractivity contribution >= 4 is 12.0 Å². The van der Waals surface area contributed by atoms with E-state index in [4.69, 9.17) is 4.74 Å². The Labute approximate surface area is 184 Å². The molecule has 0 saturated carbocycles. The number of carbonyl (C=O) groups is 2. The Morgan fingerprint density at radius 3 is 1.81 bits per heavy atom. The smallest absolute Gasteiger partial charge is 0.418 e. The van der Waals surface area contributed by atoms with E-state index in [1.807, 2.05) is 0 Å². The van der Waals surface area contributed by atoms with Crippen LogP contribution in [0, 0.1) is 11.8 Å². The van der Waals surface area contributed by atoms with E-state index in [0.29, 0.717) is 18.1 Å². The topological polar surface area (TPSA) is 66.8 Å². The number of aliphatic hydroxyl groups is 1. The van der Waals surface area contributed by atoms with Gasteiger partial charge in [-0.25, -0.2) is 9.69 Å². The van der Waals surface area contributed by atoms with Gasteiger partial charge in [0, 0.05) is 11.1 Å². The second-order valence-electron chi connectivity index (χ2n) is 8.60. The Morgan fingerprint density at radius 2 is 1.44 bits per heavy atom. The molecule has 1 heterocycles. The summed E-state index contributed by atoms with van der Waals surface area (Å²) in [4.78, 5) is 27.1. The maximum Gasteiger partial charge on any atom is 0.418 e. The van der Waals surface area contributed by atoms with Gasteiger partial charge < -0.3 is 9.84 Å². The van der Waals surface area contributed by atoms with Gasteiger partial charge in [-0.05, 0) is 12.8 Å². The minimum Gasteiger partial charge on any atom is -0.430 e. The first kappa shape index (κ1) is 23.8. The van der Waals surface area contributed by atoms with E-state index in [2.05, 4.69) is 0 Å². The van der Waals surface area contributed by atoms with Gasteiger partial charge >= 0.3 is 12.3 Å². The average molecular weight is 449 g/mol. The molecule has 2 amide bonds. The summed E-state index contributed by atoms with van der Waals surface area (Å²) in [5.41, 5.74) is -3.57. The molecule has 0 spiro atoms. The van der Waals surface area contributed by atoms with Crippen LogP contribution in [0.5, 0.6) is 0 Å². The van der Waals surface area contributed by atoms with E-state index in [-0.39, 0.29) is 5.92 Å². The molecule has 0 unspecified atom stereocenters. The normalized spacial score (nSPS) is 21.2. The van der Waals surface area contributed by atoms with Crippen molar-refractivity contribution in [2.45, 2.75) is 51.1 Å². The molecular formula is C24H26F3NO4. The average Bonchev–Trinajstić information content (AvgIpc) is 3.07. The predicted octanol–water partition coefficient (Wildman–Crippen LogP) is 4.88. The molecule has 3 atom stereocenters. The number of ether oxygens (including phenoxy) is 1. The van der Waals surface area contributed by atoms with Crippen LogP contribution in [0.15, 0.2) is 60.7 Å². The van der Waals surface area contributed by atoms with Crippen molar-refractivity contribution in [2.24, 2.45) is 11.8 Å². The van der Waals surface area contributed by atoms with Crippen LogP contribution in [0.1, 0.15) is 38.8 Å². The largest absolute Gasteiger partial charge is 0.430 e. The van der Waals surface area contributed by atoms with Crippen molar-refractivity contribution in [3.63, 3.8) is 0 Å². The lowest BCUT2D eigenvalue weighted by Gasteiger charge is -2.39. The van der Waals surface area contributed by atoms with Crippen molar-refractivity contribution in [3.05, 3.63) is 71.8 Å². The van der Waals surface area contributed by atoms with E-state index < -0.39 is 41.3 Å². The lowest BCUT2D eigenvalue weighted by molar-refractivity contribution is -0.268. The van der Waals surface area contributed by atoms with Gasteiger partial charge in [-0.3, -0.25) is 4.79 Å².